The van der Waals surface area contributed by atoms with Crippen LogP contribution in [0.4, 0.5) is 5.13 Å². The summed E-state index contributed by atoms with van der Waals surface area (Å²) in [5, 5.41) is 11.3. The summed E-state index contributed by atoms with van der Waals surface area (Å²) in [6, 6.07) is 3.66. The molecule has 2 aliphatic rings. The number of ether oxygens (including phenoxy) is 1. The lowest BCUT2D eigenvalue weighted by molar-refractivity contribution is -0.130. The van der Waals surface area contributed by atoms with Crippen molar-refractivity contribution in [2.75, 3.05) is 48.5 Å². The van der Waals surface area contributed by atoms with Crippen molar-refractivity contribution < 1.29 is 17.9 Å². The van der Waals surface area contributed by atoms with Crippen molar-refractivity contribution in [2.45, 2.75) is 23.3 Å². The Morgan fingerprint density at radius 3 is 2.86 bits per heavy atom. The number of thiophene rings is 1. The molecule has 1 unspecified atom stereocenters. The van der Waals surface area contributed by atoms with Gasteiger partial charge < -0.3 is 14.5 Å². The number of hydrogen-bond acceptors (Lipinski definition) is 10. The molecule has 2 aromatic rings. The van der Waals surface area contributed by atoms with E-state index in [0.717, 1.165) is 27.4 Å². The first-order chi connectivity index (χ1) is 14.0. The minimum absolute atomic E-state index is 0.0504. The van der Waals surface area contributed by atoms with Crippen LogP contribution in [0, 0.1) is 0 Å². The van der Waals surface area contributed by atoms with E-state index in [2.05, 4.69) is 15.1 Å². The molecule has 2 aliphatic heterocycles. The van der Waals surface area contributed by atoms with Crippen molar-refractivity contribution in [3.63, 3.8) is 0 Å². The number of rotatable bonds is 7. The van der Waals surface area contributed by atoms with Gasteiger partial charge in [-0.3, -0.25) is 4.79 Å². The maximum absolute atomic E-state index is 13.0. The zero-order valence-corrected chi connectivity index (χ0v) is 19.0. The molecule has 0 bridgehead atoms. The fourth-order valence-corrected chi connectivity index (χ4v) is 7.57. The molecule has 4 rings (SSSR count). The van der Waals surface area contributed by atoms with Crippen LogP contribution in [0.5, 0.6) is 0 Å². The summed E-state index contributed by atoms with van der Waals surface area (Å²) in [6.45, 7) is 3.41. The van der Waals surface area contributed by atoms with Crippen molar-refractivity contribution >= 4 is 55.3 Å². The molecule has 158 valence electrons. The van der Waals surface area contributed by atoms with Crippen LogP contribution in [0.3, 0.4) is 0 Å². The second-order valence-electron chi connectivity index (χ2n) is 6.90. The highest BCUT2D eigenvalue weighted by Gasteiger charge is 2.34. The van der Waals surface area contributed by atoms with Crippen molar-refractivity contribution in [1.82, 2.24) is 15.1 Å². The highest BCUT2D eigenvalue weighted by Crippen LogP contribution is 2.30. The summed E-state index contributed by atoms with van der Waals surface area (Å²) < 4.78 is 30.0. The van der Waals surface area contributed by atoms with E-state index in [-0.39, 0.29) is 29.2 Å². The molecule has 0 radical (unpaired) electrons. The molecule has 12 heteroatoms. The summed E-state index contributed by atoms with van der Waals surface area (Å²) in [5.74, 6) is 0.362. The van der Waals surface area contributed by atoms with Gasteiger partial charge in [0.2, 0.25) is 11.0 Å². The van der Waals surface area contributed by atoms with Gasteiger partial charge in [-0.15, -0.1) is 21.5 Å². The summed E-state index contributed by atoms with van der Waals surface area (Å²) >= 11 is 4.41. The molecule has 1 amide bonds. The first kappa shape index (κ1) is 21.0. The molecule has 4 heterocycles. The number of thioether (sulfide) groups is 1. The van der Waals surface area contributed by atoms with Crippen LogP contribution in [-0.4, -0.2) is 79.0 Å². The van der Waals surface area contributed by atoms with Crippen molar-refractivity contribution in [2.24, 2.45) is 0 Å². The summed E-state index contributed by atoms with van der Waals surface area (Å²) in [4.78, 5) is 17.9. The topological polar surface area (TPSA) is 92.7 Å². The molecule has 2 saturated heterocycles. The van der Waals surface area contributed by atoms with E-state index >= 15 is 0 Å². The number of morpholine rings is 1. The first-order valence-electron chi connectivity index (χ1n) is 9.31. The average Bonchev–Trinajstić information content (AvgIpc) is 3.46. The Labute approximate surface area is 182 Å². The zero-order chi connectivity index (χ0) is 20.3. The SMILES string of the molecule is O=C(CSc1nnc(N2CCOCC2)s1)N(Cc1cccs1)C1CCS(=O)(=O)C1. The Hall–Kier alpha value is -1.21. The molecule has 0 aliphatic carbocycles. The van der Waals surface area contributed by atoms with E-state index in [0.29, 0.717) is 26.2 Å². The Morgan fingerprint density at radius 1 is 1.34 bits per heavy atom. The number of aromatic nitrogens is 2. The summed E-state index contributed by atoms with van der Waals surface area (Å²) in [5.41, 5.74) is 0. The smallest absolute Gasteiger partial charge is 0.233 e. The minimum Gasteiger partial charge on any atom is -0.378 e. The Kier molecular flexibility index (Phi) is 6.74. The molecule has 0 aromatic carbocycles. The highest BCUT2D eigenvalue weighted by atomic mass is 32.2. The van der Waals surface area contributed by atoms with Crippen molar-refractivity contribution in [3.05, 3.63) is 22.4 Å². The number of anilines is 1. The fraction of sp³-hybridized carbons (Fsp3) is 0.588. The predicted molar refractivity (Wildman–Crippen MR) is 116 cm³/mol. The lowest BCUT2D eigenvalue weighted by atomic mass is 10.2. The lowest BCUT2D eigenvalue weighted by Crippen LogP contribution is -2.41. The van der Waals surface area contributed by atoms with E-state index in [1.165, 1.54) is 23.1 Å². The van der Waals surface area contributed by atoms with E-state index in [9.17, 15) is 13.2 Å². The molecule has 0 spiro atoms. The van der Waals surface area contributed by atoms with Crippen LogP contribution in [0.1, 0.15) is 11.3 Å². The second-order valence-corrected chi connectivity index (χ2v) is 12.3. The van der Waals surface area contributed by atoms with Gasteiger partial charge in [-0.05, 0) is 17.9 Å². The van der Waals surface area contributed by atoms with Gasteiger partial charge in [0.05, 0.1) is 37.0 Å². The maximum atomic E-state index is 13.0. The number of carbonyl (C=O) groups excluding carboxylic acids is 1. The van der Waals surface area contributed by atoms with Gasteiger partial charge in [-0.1, -0.05) is 29.2 Å². The highest BCUT2D eigenvalue weighted by molar-refractivity contribution is 8.01. The monoisotopic (exact) mass is 474 g/mol. The quantitative estimate of drug-likeness (QED) is 0.561. The maximum Gasteiger partial charge on any atom is 0.233 e. The van der Waals surface area contributed by atoms with Crippen molar-refractivity contribution in [1.29, 1.82) is 0 Å². The normalized spacial score (nSPS) is 21.4. The Bertz CT molecular complexity index is 925. The molecule has 8 nitrogen and oxygen atoms in total. The number of carbonyl (C=O) groups is 1. The Morgan fingerprint density at radius 2 is 2.17 bits per heavy atom. The van der Waals surface area contributed by atoms with Crippen LogP contribution in [0.2, 0.25) is 0 Å². The fourth-order valence-electron chi connectivity index (χ4n) is 3.36. The van der Waals surface area contributed by atoms with Gasteiger partial charge in [0.25, 0.3) is 0 Å². The third kappa shape index (κ3) is 5.48. The third-order valence-corrected chi connectivity index (χ3v) is 9.59. The third-order valence-electron chi connectivity index (χ3n) is 4.87. The number of hydrogen-bond donors (Lipinski definition) is 0. The van der Waals surface area contributed by atoms with Gasteiger partial charge in [0.15, 0.2) is 14.2 Å². The van der Waals surface area contributed by atoms with Gasteiger partial charge in [-0.2, -0.15) is 0 Å². The molecule has 1 atom stereocenters. The minimum atomic E-state index is -3.06. The van der Waals surface area contributed by atoms with E-state index < -0.39 is 9.84 Å². The van der Waals surface area contributed by atoms with Crippen LogP contribution >= 0.6 is 34.4 Å². The largest absolute Gasteiger partial charge is 0.378 e. The molecule has 2 aromatic heterocycles. The first-order valence-corrected chi connectivity index (χ1v) is 13.8. The van der Waals surface area contributed by atoms with E-state index in [1.54, 1.807) is 16.2 Å². The second kappa shape index (κ2) is 9.29. The average molecular weight is 475 g/mol. The van der Waals surface area contributed by atoms with Gasteiger partial charge >= 0.3 is 0 Å². The van der Waals surface area contributed by atoms with Gasteiger partial charge in [-0.25, -0.2) is 8.42 Å². The van der Waals surface area contributed by atoms with Crippen LogP contribution in [0.25, 0.3) is 0 Å². The van der Waals surface area contributed by atoms with E-state index in [4.69, 9.17) is 4.74 Å². The van der Waals surface area contributed by atoms with Crippen LogP contribution < -0.4 is 4.90 Å². The van der Waals surface area contributed by atoms with Crippen molar-refractivity contribution in [3.8, 4) is 0 Å². The number of sulfone groups is 1. The standard InChI is InChI=1S/C17H22N4O4S4/c22-15(11-27-17-19-18-16(28-17)20-4-6-25-7-5-20)21(10-14-2-1-8-26-14)13-3-9-29(23,24)12-13/h1-2,8,13H,3-7,9-12H2. The molecule has 0 N–H and O–H groups in total. The van der Waals surface area contributed by atoms with E-state index in [1.807, 2.05) is 17.5 Å². The zero-order valence-electron chi connectivity index (χ0n) is 15.7. The van der Waals surface area contributed by atoms with Gasteiger partial charge in [0.1, 0.15) is 0 Å². The van der Waals surface area contributed by atoms with Crippen LogP contribution in [0.15, 0.2) is 21.9 Å². The molecule has 29 heavy (non-hydrogen) atoms. The molecule has 0 saturated carbocycles. The summed E-state index contributed by atoms with van der Waals surface area (Å²) in [7, 11) is -3.06. The van der Waals surface area contributed by atoms with Gasteiger partial charge in [0, 0.05) is 24.0 Å². The lowest BCUT2D eigenvalue weighted by Gasteiger charge is -2.27. The number of nitrogens with zero attached hydrogens (tertiary/aromatic N) is 4. The van der Waals surface area contributed by atoms with Crippen LogP contribution in [-0.2, 0) is 25.9 Å². The number of amides is 1. The summed E-state index contributed by atoms with van der Waals surface area (Å²) in [6.07, 6.45) is 0.504. The molecular formula is C17H22N4O4S4. The Balaban J connectivity index is 1.39. The molecular weight excluding hydrogens is 452 g/mol. The predicted octanol–water partition coefficient (Wildman–Crippen LogP) is 1.74. The molecule has 2 fully saturated rings.